The molecule has 0 saturated heterocycles. The van der Waals surface area contributed by atoms with Crippen molar-refractivity contribution in [2.75, 3.05) is 0 Å². The maximum absolute atomic E-state index is 12.0. The molecule has 0 aliphatic rings. The second-order valence-electron chi connectivity index (χ2n) is 4.39. The molecule has 1 atom stereocenters. The molecule has 0 aliphatic carbocycles. The van der Waals surface area contributed by atoms with E-state index in [0.29, 0.717) is 27.1 Å². The minimum atomic E-state index is -0.852. The molecule has 22 heavy (non-hydrogen) atoms. The van der Waals surface area contributed by atoms with Crippen LogP contribution in [0.25, 0.3) is 0 Å². The van der Waals surface area contributed by atoms with Crippen LogP contribution in [-0.4, -0.2) is 12.1 Å². The summed E-state index contributed by atoms with van der Waals surface area (Å²) in [5.74, 6) is 0.104. The molecule has 2 aromatic carbocycles. The zero-order chi connectivity index (χ0) is 16.1. The number of benzene rings is 2. The second kappa shape index (κ2) is 7.17. The summed E-state index contributed by atoms with van der Waals surface area (Å²) in [7, 11) is 0. The highest BCUT2D eigenvalue weighted by molar-refractivity contribution is 6.35. The summed E-state index contributed by atoms with van der Waals surface area (Å²) >= 11 is 11.8. The Bertz CT molecular complexity index is 723. The van der Waals surface area contributed by atoms with Gasteiger partial charge in [-0.1, -0.05) is 23.2 Å². The molecule has 0 spiro atoms. The van der Waals surface area contributed by atoms with Gasteiger partial charge in [-0.3, -0.25) is 0 Å². The number of carbonyl (C=O) groups excluding carboxylic acids is 1. The smallest absolute Gasteiger partial charge is 0.352 e. The predicted octanol–water partition coefficient (Wildman–Crippen LogP) is 4.24. The van der Waals surface area contributed by atoms with Crippen LogP contribution in [0.2, 0.25) is 10.0 Å². The summed E-state index contributed by atoms with van der Waals surface area (Å²) in [5, 5.41) is 9.50. The van der Waals surface area contributed by atoms with E-state index < -0.39 is 12.1 Å². The van der Waals surface area contributed by atoms with Crippen molar-refractivity contribution in [3.8, 4) is 17.6 Å². The minimum Gasteiger partial charge on any atom is -0.477 e. The normalized spacial score (nSPS) is 11.4. The van der Waals surface area contributed by atoms with E-state index in [1.54, 1.807) is 43.3 Å². The van der Waals surface area contributed by atoms with Crippen LogP contribution < -0.4 is 9.47 Å². The van der Waals surface area contributed by atoms with Gasteiger partial charge in [0.25, 0.3) is 0 Å². The van der Waals surface area contributed by atoms with Crippen LogP contribution in [0.15, 0.2) is 42.5 Å². The van der Waals surface area contributed by atoms with Crippen LogP contribution in [0.5, 0.6) is 11.5 Å². The zero-order valence-corrected chi connectivity index (χ0v) is 13.1. The van der Waals surface area contributed by atoms with E-state index >= 15 is 0 Å². The van der Waals surface area contributed by atoms with Crippen molar-refractivity contribution >= 4 is 29.2 Å². The summed E-state index contributed by atoms with van der Waals surface area (Å²) in [5.41, 5.74) is 0.483. The molecule has 112 valence electrons. The Balaban J connectivity index is 2.01. The Morgan fingerprint density at radius 2 is 1.86 bits per heavy atom. The van der Waals surface area contributed by atoms with Gasteiger partial charge < -0.3 is 9.47 Å². The molecule has 0 heterocycles. The number of hydrogen-bond acceptors (Lipinski definition) is 4. The summed E-state index contributed by atoms with van der Waals surface area (Å²) in [6.45, 7) is 1.55. The minimum absolute atomic E-state index is 0.311. The lowest BCUT2D eigenvalue weighted by molar-refractivity contribution is -0.141. The molecule has 0 saturated carbocycles. The fourth-order valence-corrected chi connectivity index (χ4v) is 2.06. The third kappa shape index (κ3) is 4.14. The number of halogens is 2. The quantitative estimate of drug-likeness (QED) is 0.619. The van der Waals surface area contributed by atoms with Crippen molar-refractivity contribution in [1.82, 2.24) is 0 Å². The lowest BCUT2D eigenvalue weighted by atomic mass is 10.2. The number of nitriles is 1. The first kappa shape index (κ1) is 16.2. The van der Waals surface area contributed by atoms with E-state index in [2.05, 4.69) is 0 Å². The number of carbonyl (C=O) groups is 1. The topological polar surface area (TPSA) is 59.3 Å². The van der Waals surface area contributed by atoms with Gasteiger partial charge in [-0.25, -0.2) is 4.79 Å². The Morgan fingerprint density at radius 1 is 1.18 bits per heavy atom. The van der Waals surface area contributed by atoms with Crippen molar-refractivity contribution in [2.45, 2.75) is 13.0 Å². The summed E-state index contributed by atoms with van der Waals surface area (Å²) < 4.78 is 10.6. The number of esters is 1. The third-order valence-electron chi connectivity index (χ3n) is 2.73. The Kier molecular flexibility index (Phi) is 5.26. The number of rotatable bonds is 4. The Labute approximate surface area is 137 Å². The fraction of sp³-hybridized carbons (Fsp3) is 0.125. The first-order valence-electron chi connectivity index (χ1n) is 6.33. The number of ether oxygens (including phenoxy) is 2. The fourth-order valence-electron chi connectivity index (χ4n) is 1.61. The summed E-state index contributed by atoms with van der Waals surface area (Å²) in [6.07, 6.45) is -0.852. The highest BCUT2D eigenvalue weighted by atomic mass is 35.5. The number of nitrogens with zero attached hydrogens (tertiary/aromatic N) is 1. The van der Waals surface area contributed by atoms with E-state index in [1.165, 1.54) is 6.07 Å². The maximum atomic E-state index is 12.0. The van der Waals surface area contributed by atoms with Crippen LogP contribution in [0.3, 0.4) is 0 Å². The summed E-state index contributed by atoms with van der Waals surface area (Å²) in [6, 6.07) is 12.9. The van der Waals surface area contributed by atoms with E-state index in [0.717, 1.165) is 0 Å². The van der Waals surface area contributed by atoms with E-state index in [-0.39, 0.29) is 0 Å². The molecular formula is C16H11Cl2NO3. The SMILES string of the molecule is C[C@H](Oc1ccc(Cl)cc1Cl)C(=O)Oc1ccc(C#N)cc1. The van der Waals surface area contributed by atoms with Crippen LogP contribution in [0, 0.1) is 11.3 Å². The molecule has 2 aromatic rings. The maximum Gasteiger partial charge on any atom is 0.352 e. The van der Waals surface area contributed by atoms with Crippen LogP contribution in [0.1, 0.15) is 12.5 Å². The van der Waals surface area contributed by atoms with Gasteiger partial charge in [0.1, 0.15) is 11.5 Å². The van der Waals surface area contributed by atoms with Crippen molar-refractivity contribution in [1.29, 1.82) is 5.26 Å². The molecule has 4 nitrogen and oxygen atoms in total. The third-order valence-corrected chi connectivity index (χ3v) is 3.26. The van der Waals surface area contributed by atoms with Gasteiger partial charge in [0.05, 0.1) is 16.7 Å². The molecule has 2 rings (SSSR count). The lowest BCUT2D eigenvalue weighted by Gasteiger charge is -2.14. The molecule has 0 N–H and O–H groups in total. The van der Waals surface area contributed by atoms with Crippen molar-refractivity contribution in [3.63, 3.8) is 0 Å². The molecule has 0 radical (unpaired) electrons. The Hall–Kier alpha value is -2.22. The highest BCUT2D eigenvalue weighted by Crippen LogP contribution is 2.28. The van der Waals surface area contributed by atoms with Crippen molar-refractivity contribution < 1.29 is 14.3 Å². The number of hydrogen-bond donors (Lipinski definition) is 0. The van der Waals surface area contributed by atoms with Crippen molar-refractivity contribution in [3.05, 3.63) is 58.1 Å². The van der Waals surface area contributed by atoms with Gasteiger partial charge >= 0.3 is 5.97 Å². The van der Waals surface area contributed by atoms with E-state index in [9.17, 15) is 4.79 Å². The van der Waals surface area contributed by atoms with Gasteiger partial charge in [-0.05, 0) is 49.4 Å². The monoisotopic (exact) mass is 335 g/mol. The van der Waals surface area contributed by atoms with Crippen LogP contribution in [-0.2, 0) is 4.79 Å². The van der Waals surface area contributed by atoms with Gasteiger partial charge in [0.2, 0.25) is 0 Å². The largest absolute Gasteiger partial charge is 0.477 e. The molecule has 6 heteroatoms. The van der Waals surface area contributed by atoms with Gasteiger partial charge in [-0.2, -0.15) is 5.26 Å². The lowest BCUT2D eigenvalue weighted by Crippen LogP contribution is -2.28. The van der Waals surface area contributed by atoms with Gasteiger partial charge in [0.15, 0.2) is 6.10 Å². The zero-order valence-electron chi connectivity index (χ0n) is 11.5. The molecule has 0 aromatic heterocycles. The first-order valence-corrected chi connectivity index (χ1v) is 7.09. The molecule has 0 amide bonds. The summed E-state index contributed by atoms with van der Waals surface area (Å²) in [4.78, 5) is 12.0. The first-order chi connectivity index (χ1) is 10.5. The highest BCUT2D eigenvalue weighted by Gasteiger charge is 2.18. The second-order valence-corrected chi connectivity index (χ2v) is 5.24. The average Bonchev–Trinajstić information content (AvgIpc) is 2.50. The van der Waals surface area contributed by atoms with E-state index in [1.807, 2.05) is 6.07 Å². The van der Waals surface area contributed by atoms with Gasteiger partial charge in [-0.15, -0.1) is 0 Å². The molecule has 0 fully saturated rings. The standard InChI is InChI=1S/C16H11Cl2NO3/c1-10(21-15-7-4-12(17)8-14(15)18)16(20)22-13-5-2-11(9-19)3-6-13/h2-8,10H,1H3/t10-/m0/s1. The molecular weight excluding hydrogens is 325 g/mol. The van der Waals surface area contributed by atoms with Crippen molar-refractivity contribution in [2.24, 2.45) is 0 Å². The molecule has 0 unspecified atom stereocenters. The van der Waals surface area contributed by atoms with E-state index in [4.69, 9.17) is 37.9 Å². The van der Waals surface area contributed by atoms with Gasteiger partial charge in [0, 0.05) is 5.02 Å². The molecule has 0 bridgehead atoms. The average molecular weight is 336 g/mol. The van der Waals surface area contributed by atoms with Crippen LogP contribution in [0.4, 0.5) is 0 Å². The predicted molar refractivity (Wildman–Crippen MR) is 83.3 cm³/mol. The van der Waals surface area contributed by atoms with Crippen LogP contribution >= 0.6 is 23.2 Å². The molecule has 0 aliphatic heterocycles. The Morgan fingerprint density at radius 3 is 2.45 bits per heavy atom.